The summed E-state index contributed by atoms with van der Waals surface area (Å²) < 4.78 is 0. The Morgan fingerprint density at radius 1 is 1.42 bits per heavy atom. The molecule has 1 aromatic heterocycles. The summed E-state index contributed by atoms with van der Waals surface area (Å²) in [5.74, 6) is 0. The highest BCUT2D eigenvalue weighted by molar-refractivity contribution is 5.27. The zero-order valence-electron chi connectivity index (χ0n) is 7.16. The van der Waals surface area contributed by atoms with Crippen molar-refractivity contribution in [1.82, 2.24) is 4.98 Å². The van der Waals surface area contributed by atoms with E-state index in [1.165, 1.54) is 30.4 Å². The Labute approximate surface area is 72.8 Å². The molecule has 0 spiro atoms. The van der Waals surface area contributed by atoms with E-state index in [1.54, 1.807) is 0 Å². The van der Waals surface area contributed by atoms with Crippen molar-refractivity contribution in [2.24, 2.45) is 5.73 Å². The van der Waals surface area contributed by atoms with Crippen molar-refractivity contribution in [3.05, 3.63) is 29.6 Å². The van der Waals surface area contributed by atoms with Crippen LogP contribution in [0.2, 0.25) is 0 Å². The van der Waals surface area contributed by atoms with E-state index in [0.717, 1.165) is 6.42 Å². The van der Waals surface area contributed by atoms with Gasteiger partial charge < -0.3 is 5.73 Å². The molecule has 2 heteroatoms. The quantitative estimate of drug-likeness (QED) is 0.591. The van der Waals surface area contributed by atoms with E-state index in [2.05, 4.69) is 11.1 Å². The van der Waals surface area contributed by atoms with Crippen LogP contribution in [0, 0.1) is 0 Å². The number of fused-ring (bicyclic) bond motifs is 1. The summed E-state index contributed by atoms with van der Waals surface area (Å²) in [5, 5.41) is 0. The summed E-state index contributed by atoms with van der Waals surface area (Å²) in [5.41, 5.74) is 8.66. The van der Waals surface area contributed by atoms with Crippen LogP contribution in [0.15, 0.2) is 18.5 Å². The number of aromatic nitrogens is 1. The maximum atomic E-state index is 6.01. The Kier molecular flexibility index (Phi) is 2.09. The standard InChI is InChI=1S/C10H14N2/c11-10-4-2-1-3-8-5-6-12-7-9(8)10/h5-7,10H,1-4,11H2. The van der Waals surface area contributed by atoms with E-state index < -0.39 is 0 Å². The minimum atomic E-state index is 0.219. The van der Waals surface area contributed by atoms with Gasteiger partial charge in [0.05, 0.1) is 0 Å². The van der Waals surface area contributed by atoms with Crippen LogP contribution in [0.4, 0.5) is 0 Å². The molecule has 0 amide bonds. The number of nitrogens with two attached hydrogens (primary N) is 1. The Bertz CT molecular complexity index is 270. The summed E-state index contributed by atoms with van der Waals surface area (Å²) in [4.78, 5) is 4.11. The largest absolute Gasteiger partial charge is 0.324 e. The molecule has 2 nitrogen and oxygen atoms in total. The van der Waals surface area contributed by atoms with E-state index in [1.807, 2.05) is 12.4 Å². The summed E-state index contributed by atoms with van der Waals surface area (Å²) >= 11 is 0. The minimum Gasteiger partial charge on any atom is -0.324 e. The van der Waals surface area contributed by atoms with Gasteiger partial charge in [0, 0.05) is 18.4 Å². The van der Waals surface area contributed by atoms with E-state index in [4.69, 9.17) is 5.73 Å². The highest BCUT2D eigenvalue weighted by Gasteiger charge is 2.14. The maximum absolute atomic E-state index is 6.01. The summed E-state index contributed by atoms with van der Waals surface area (Å²) in [6, 6.07) is 2.32. The molecular formula is C10H14N2. The molecule has 0 aromatic carbocycles. The van der Waals surface area contributed by atoms with Gasteiger partial charge in [0.1, 0.15) is 0 Å². The molecule has 1 heterocycles. The first-order valence-corrected chi connectivity index (χ1v) is 4.56. The first-order valence-electron chi connectivity index (χ1n) is 4.56. The van der Waals surface area contributed by atoms with Gasteiger partial charge in [-0.25, -0.2) is 0 Å². The molecule has 0 aliphatic heterocycles. The molecular weight excluding hydrogens is 148 g/mol. The maximum Gasteiger partial charge on any atom is 0.0318 e. The predicted octanol–water partition coefficient (Wildman–Crippen LogP) is 1.81. The van der Waals surface area contributed by atoms with Gasteiger partial charge in [-0.1, -0.05) is 6.42 Å². The van der Waals surface area contributed by atoms with Crippen LogP contribution in [-0.2, 0) is 6.42 Å². The molecule has 2 N–H and O–H groups in total. The second-order valence-electron chi connectivity index (χ2n) is 3.43. The van der Waals surface area contributed by atoms with Crippen molar-refractivity contribution in [2.45, 2.75) is 31.7 Å². The average Bonchev–Trinajstić information content (AvgIpc) is 2.29. The van der Waals surface area contributed by atoms with Crippen molar-refractivity contribution in [3.63, 3.8) is 0 Å². The van der Waals surface area contributed by atoms with Crippen LogP contribution in [0.1, 0.15) is 36.4 Å². The Balaban J connectivity index is 2.39. The molecule has 2 rings (SSSR count). The number of nitrogens with zero attached hydrogens (tertiary/aromatic N) is 1. The fourth-order valence-corrected chi connectivity index (χ4v) is 1.83. The van der Waals surface area contributed by atoms with E-state index >= 15 is 0 Å². The monoisotopic (exact) mass is 162 g/mol. The molecule has 64 valence electrons. The Morgan fingerprint density at radius 2 is 2.33 bits per heavy atom. The summed E-state index contributed by atoms with van der Waals surface area (Å²) in [6.07, 6.45) is 8.58. The lowest BCUT2D eigenvalue weighted by Gasteiger charge is -2.10. The third-order valence-corrected chi connectivity index (χ3v) is 2.56. The lowest BCUT2D eigenvalue weighted by Crippen LogP contribution is -2.10. The van der Waals surface area contributed by atoms with Crippen molar-refractivity contribution in [1.29, 1.82) is 0 Å². The van der Waals surface area contributed by atoms with Gasteiger partial charge in [0.25, 0.3) is 0 Å². The molecule has 0 radical (unpaired) electrons. The molecule has 12 heavy (non-hydrogen) atoms. The van der Waals surface area contributed by atoms with Crippen LogP contribution in [0.25, 0.3) is 0 Å². The molecule has 1 aromatic rings. The molecule has 1 atom stereocenters. The second-order valence-corrected chi connectivity index (χ2v) is 3.43. The molecule has 1 aliphatic carbocycles. The average molecular weight is 162 g/mol. The van der Waals surface area contributed by atoms with Gasteiger partial charge in [-0.15, -0.1) is 0 Å². The van der Waals surface area contributed by atoms with Gasteiger partial charge in [-0.2, -0.15) is 0 Å². The van der Waals surface area contributed by atoms with Gasteiger partial charge in [-0.05, 0) is 36.5 Å². The fraction of sp³-hybridized carbons (Fsp3) is 0.500. The molecule has 0 fully saturated rings. The molecule has 1 unspecified atom stereocenters. The zero-order chi connectivity index (χ0) is 8.39. The summed E-state index contributed by atoms with van der Waals surface area (Å²) in [6.45, 7) is 0. The second kappa shape index (κ2) is 3.23. The van der Waals surface area contributed by atoms with Crippen LogP contribution >= 0.6 is 0 Å². The molecule has 1 aliphatic rings. The van der Waals surface area contributed by atoms with E-state index in [9.17, 15) is 0 Å². The third kappa shape index (κ3) is 1.34. The number of hydrogen-bond acceptors (Lipinski definition) is 2. The van der Waals surface area contributed by atoms with E-state index in [0.29, 0.717) is 0 Å². The normalized spacial score (nSPS) is 22.9. The fourth-order valence-electron chi connectivity index (χ4n) is 1.83. The lowest BCUT2D eigenvalue weighted by atomic mass is 10.0. The SMILES string of the molecule is NC1CCCCc2ccncc21. The summed E-state index contributed by atoms with van der Waals surface area (Å²) in [7, 11) is 0. The van der Waals surface area contributed by atoms with Gasteiger partial charge in [0.15, 0.2) is 0 Å². The first kappa shape index (κ1) is 7.74. The van der Waals surface area contributed by atoms with Gasteiger partial charge in [0.2, 0.25) is 0 Å². The van der Waals surface area contributed by atoms with Gasteiger partial charge in [-0.3, -0.25) is 4.98 Å². The smallest absolute Gasteiger partial charge is 0.0318 e. The lowest BCUT2D eigenvalue weighted by molar-refractivity contribution is 0.614. The number of pyridine rings is 1. The van der Waals surface area contributed by atoms with Crippen molar-refractivity contribution >= 4 is 0 Å². The molecule has 0 bridgehead atoms. The van der Waals surface area contributed by atoms with Crippen molar-refractivity contribution in [3.8, 4) is 0 Å². The van der Waals surface area contributed by atoms with Crippen LogP contribution in [-0.4, -0.2) is 4.98 Å². The Hall–Kier alpha value is -0.890. The molecule has 0 saturated carbocycles. The first-order chi connectivity index (χ1) is 5.88. The Morgan fingerprint density at radius 3 is 3.25 bits per heavy atom. The zero-order valence-corrected chi connectivity index (χ0v) is 7.16. The van der Waals surface area contributed by atoms with Crippen LogP contribution in [0.3, 0.4) is 0 Å². The highest BCUT2D eigenvalue weighted by atomic mass is 14.7. The number of hydrogen-bond donors (Lipinski definition) is 1. The highest BCUT2D eigenvalue weighted by Crippen LogP contribution is 2.25. The molecule has 0 saturated heterocycles. The predicted molar refractivity (Wildman–Crippen MR) is 48.7 cm³/mol. The van der Waals surface area contributed by atoms with Crippen LogP contribution < -0.4 is 5.73 Å². The van der Waals surface area contributed by atoms with E-state index in [-0.39, 0.29) is 6.04 Å². The number of aryl methyl sites for hydroxylation is 1. The third-order valence-electron chi connectivity index (χ3n) is 2.56. The topological polar surface area (TPSA) is 38.9 Å². The van der Waals surface area contributed by atoms with Gasteiger partial charge >= 0.3 is 0 Å². The van der Waals surface area contributed by atoms with Crippen molar-refractivity contribution in [2.75, 3.05) is 0 Å². The van der Waals surface area contributed by atoms with Crippen molar-refractivity contribution < 1.29 is 0 Å². The minimum absolute atomic E-state index is 0.219. The van der Waals surface area contributed by atoms with Crippen LogP contribution in [0.5, 0.6) is 0 Å². The number of rotatable bonds is 0.